The van der Waals surface area contributed by atoms with E-state index in [1.165, 1.54) is 0 Å². The molecule has 26 heavy (non-hydrogen) atoms. The van der Waals surface area contributed by atoms with Crippen LogP contribution in [0, 0.1) is 28.6 Å². The number of nitriles is 2. The smallest absolute Gasteiger partial charge is 0.204 e. The molecular formula is C21H12N3O2. The average molecular weight is 338 g/mol. The summed E-state index contributed by atoms with van der Waals surface area (Å²) in [6.45, 7) is 0. The number of rotatable bonds is 1. The number of ether oxygens (including phenoxy) is 2. The Balaban J connectivity index is 1.74. The number of hydrogen-bond acceptors (Lipinski definition) is 5. The molecule has 0 spiro atoms. The SMILES string of the molecule is N#C[C](C#N)C1=CC2Oc3ccccc3N3c4ccccc4OC(=C1)C23. The topological polar surface area (TPSA) is 69.3 Å². The molecule has 2 atom stereocenters. The highest BCUT2D eigenvalue weighted by Crippen LogP contribution is 2.50. The van der Waals surface area contributed by atoms with Gasteiger partial charge < -0.3 is 14.4 Å². The largest absolute Gasteiger partial charge is 0.481 e. The summed E-state index contributed by atoms with van der Waals surface area (Å²) in [5, 5.41) is 18.5. The minimum Gasteiger partial charge on any atom is -0.481 e. The van der Waals surface area contributed by atoms with E-state index in [1.54, 1.807) is 6.08 Å². The highest BCUT2D eigenvalue weighted by Gasteiger charge is 2.45. The van der Waals surface area contributed by atoms with Gasteiger partial charge in [-0.25, -0.2) is 0 Å². The van der Waals surface area contributed by atoms with Crippen molar-refractivity contribution in [3.05, 3.63) is 77.9 Å². The zero-order valence-corrected chi connectivity index (χ0v) is 13.6. The fraction of sp³-hybridized carbons (Fsp3) is 0.0952. The van der Waals surface area contributed by atoms with E-state index >= 15 is 0 Å². The lowest BCUT2D eigenvalue weighted by Crippen LogP contribution is -2.52. The van der Waals surface area contributed by atoms with Crippen molar-refractivity contribution in [3.63, 3.8) is 0 Å². The maximum atomic E-state index is 9.24. The molecule has 5 nitrogen and oxygen atoms in total. The van der Waals surface area contributed by atoms with Gasteiger partial charge in [-0.2, -0.15) is 10.5 Å². The highest BCUT2D eigenvalue weighted by atomic mass is 16.5. The Morgan fingerprint density at radius 1 is 0.923 bits per heavy atom. The van der Waals surface area contributed by atoms with E-state index in [9.17, 15) is 10.5 Å². The van der Waals surface area contributed by atoms with Gasteiger partial charge in [-0.05, 0) is 42.0 Å². The highest BCUT2D eigenvalue weighted by molar-refractivity contribution is 5.79. The maximum Gasteiger partial charge on any atom is 0.204 e. The Kier molecular flexibility index (Phi) is 3.04. The lowest BCUT2D eigenvalue weighted by atomic mass is 9.88. The maximum absolute atomic E-state index is 9.24. The molecule has 1 radical (unpaired) electrons. The molecule has 5 heteroatoms. The molecule has 0 saturated heterocycles. The summed E-state index contributed by atoms with van der Waals surface area (Å²) in [5.41, 5.74) is 2.47. The number of nitrogens with zero attached hydrogens (tertiary/aromatic N) is 3. The van der Waals surface area contributed by atoms with Crippen LogP contribution in [0.3, 0.4) is 0 Å². The zero-order valence-electron chi connectivity index (χ0n) is 13.6. The summed E-state index contributed by atoms with van der Waals surface area (Å²) in [4.78, 5) is 2.21. The molecule has 2 aromatic rings. The quantitative estimate of drug-likeness (QED) is 0.791. The number of benzene rings is 2. The molecule has 0 aromatic heterocycles. The fourth-order valence-electron chi connectivity index (χ4n) is 3.69. The van der Waals surface area contributed by atoms with E-state index in [4.69, 9.17) is 9.47 Å². The molecule has 0 fully saturated rings. The van der Waals surface area contributed by atoms with Gasteiger partial charge in [-0.1, -0.05) is 24.3 Å². The molecule has 2 heterocycles. The standard InChI is InChI=1S/C21H12N3O2/c22-11-14(12-23)13-9-19-21-20(10-13)26-18-8-4-2-6-16(18)24(21)15-5-1-3-7-17(15)25-19/h1-10,19,21H. The van der Waals surface area contributed by atoms with Crippen LogP contribution in [0.15, 0.2) is 72.0 Å². The van der Waals surface area contributed by atoms with E-state index in [1.807, 2.05) is 66.7 Å². The second kappa shape index (κ2) is 5.40. The lowest BCUT2D eigenvalue weighted by Gasteiger charge is -2.47. The van der Waals surface area contributed by atoms with Crippen molar-refractivity contribution < 1.29 is 9.47 Å². The monoisotopic (exact) mass is 338 g/mol. The molecular weight excluding hydrogens is 326 g/mol. The summed E-state index contributed by atoms with van der Waals surface area (Å²) in [6, 6.07) is 19.4. The second-order valence-electron chi connectivity index (χ2n) is 6.20. The van der Waals surface area contributed by atoms with Crippen molar-refractivity contribution >= 4 is 11.4 Å². The Labute approximate surface area is 150 Å². The first-order valence-electron chi connectivity index (χ1n) is 8.23. The van der Waals surface area contributed by atoms with Gasteiger partial charge in [0, 0.05) is 0 Å². The molecule has 0 bridgehead atoms. The van der Waals surface area contributed by atoms with Gasteiger partial charge in [0.2, 0.25) is 5.92 Å². The van der Waals surface area contributed by atoms with Gasteiger partial charge >= 0.3 is 0 Å². The van der Waals surface area contributed by atoms with E-state index in [0.29, 0.717) is 11.3 Å². The molecule has 2 aliphatic heterocycles. The first-order valence-corrected chi connectivity index (χ1v) is 8.23. The molecule has 0 saturated carbocycles. The van der Waals surface area contributed by atoms with Gasteiger partial charge in [0.1, 0.15) is 23.7 Å². The first kappa shape index (κ1) is 14.6. The minimum absolute atomic E-state index is 0.0485. The van der Waals surface area contributed by atoms with Crippen molar-refractivity contribution in [2.45, 2.75) is 12.1 Å². The third kappa shape index (κ3) is 1.95. The van der Waals surface area contributed by atoms with E-state index in [2.05, 4.69) is 4.90 Å². The van der Waals surface area contributed by atoms with Crippen LogP contribution in [-0.2, 0) is 0 Å². The van der Waals surface area contributed by atoms with Gasteiger partial charge in [0.15, 0.2) is 5.75 Å². The summed E-state index contributed by atoms with van der Waals surface area (Å²) < 4.78 is 12.3. The van der Waals surface area contributed by atoms with Crippen LogP contribution in [0.5, 0.6) is 11.5 Å². The minimum atomic E-state index is -0.357. The predicted molar refractivity (Wildman–Crippen MR) is 94.5 cm³/mol. The number of fused-ring (bicyclic) bond motifs is 4. The molecule has 0 amide bonds. The number of anilines is 2. The molecule has 0 N–H and O–H groups in total. The summed E-state index contributed by atoms with van der Waals surface area (Å²) >= 11 is 0. The van der Waals surface area contributed by atoms with Crippen molar-refractivity contribution in [1.82, 2.24) is 0 Å². The number of allylic oxidation sites excluding steroid dienone is 2. The van der Waals surface area contributed by atoms with Gasteiger partial charge in [-0.3, -0.25) is 0 Å². The van der Waals surface area contributed by atoms with E-state index in [-0.39, 0.29) is 18.1 Å². The summed E-state index contributed by atoms with van der Waals surface area (Å²) in [5.74, 6) is 2.22. The van der Waals surface area contributed by atoms with Crippen LogP contribution >= 0.6 is 0 Å². The molecule has 2 aromatic carbocycles. The third-order valence-corrected chi connectivity index (χ3v) is 4.78. The predicted octanol–water partition coefficient (Wildman–Crippen LogP) is 3.79. The number of hydrogen-bond donors (Lipinski definition) is 0. The average Bonchev–Trinajstić information content (AvgIpc) is 2.68. The zero-order chi connectivity index (χ0) is 17.7. The van der Waals surface area contributed by atoms with Crippen LogP contribution in [0.25, 0.3) is 0 Å². The van der Waals surface area contributed by atoms with Crippen LogP contribution in [0.2, 0.25) is 0 Å². The van der Waals surface area contributed by atoms with Gasteiger partial charge in [-0.15, -0.1) is 0 Å². The van der Waals surface area contributed by atoms with Gasteiger partial charge in [0.05, 0.1) is 23.5 Å². The van der Waals surface area contributed by atoms with Crippen molar-refractivity contribution in [1.29, 1.82) is 10.5 Å². The van der Waals surface area contributed by atoms with Crippen LogP contribution in [-0.4, -0.2) is 12.1 Å². The summed E-state index contributed by atoms with van der Waals surface area (Å²) in [6.07, 6.45) is 3.24. The Morgan fingerprint density at radius 3 is 2.31 bits per heavy atom. The first-order chi connectivity index (χ1) is 12.8. The molecule has 5 rings (SSSR count). The Bertz CT molecular complexity index is 1040. The van der Waals surface area contributed by atoms with E-state index in [0.717, 1.165) is 22.9 Å². The normalized spacial score (nSPS) is 21.6. The van der Waals surface area contributed by atoms with Crippen LogP contribution in [0.4, 0.5) is 11.4 Å². The van der Waals surface area contributed by atoms with Crippen LogP contribution < -0.4 is 14.4 Å². The molecule has 3 aliphatic rings. The number of para-hydroxylation sites is 4. The van der Waals surface area contributed by atoms with Crippen molar-refractivity contribution in [2.24, 2.45) is 0 Å². The molecule has 2 unspecified atom stereocenters. The van der Waals surface area contributed by atoms with Gasteiger partial charge in [0.25, 0.3) is 0 Å². The lowest BCUT2D eigenvalue weighted by molar-refractivity contribution is 0.181. The second-order valence-corrected chi connectivity index (χ2v) is 6.20. The van der Waals surface area contributed by atoms with Crippen molar-refractivity contribution in [2.75, 3.05) is 4.90 Å². The molecule has 1 aliphatic carbocycles. The molecule has 123 valence electrons. The Morgan fingerprint density at radius 2 is 1.58 bits per heavy atom. The third-order valence-electron chi connectivity index (χ3n) is 4.78. The van der Waals surface area contributed by atoms with Crippen molar-refractivity contribution in [3.8, 4) is 23.6 Å². The summed E-state index contributed by atoms with van der Waals surface area (Å²) in [7, 11) is 0. The fourth-order valence-corrected chi connectivity index (χ4v) is 3.69. The van der Waals surface area contributed by atoms with Crippen LogP contribution in [0.1, 0.15) is 0 Å². The van der Waals surface area contributed by atoms with E-state index < -0.39 is 0 Å². The Hall–Kier alpha value is -3.70.